The third kappa shape index (κ3) is 8.47. The van der Waals surface area contributed by atoms with Gasteiger partial charge in [-0.2, -0.15) is 0 Å². The minimum absolute atomic E-state index is 0.543. The molecule has 0 aliphatic rings. The van der Waals surface area contributed by atoms with E-state index < -0.39 is 53.8 Å². The van der Waals surface area contributed by atoms with E-state index in [1.807, 2.05) is 0 Å². The fraction of sp³-hybridized carbons (Fsp3) is 0.833. The van der Waals surface area contributed by atoms with Crippen LogP contribution in [-0.4, -0.2) is 43.2 Å². The van der Waals surface area contributed by atoms with E-state index in [1.54, 1.807) is 0 Å². The van der Waals surface area contributed by atoms with Crippen molar-refractivity contribution in [1.29, 1.82) is 0 Å². The number of aliphatic carboxylic acids is 1. The molecule has 0 fully saturated rings. The van der Waals surface area contributed by atoms with Crippen molar-refractivity contribution in [1.82, 2.24) is 0 Å². The maximum absolute atomic E-state index is 11.5. The van der Waals surface area contributed by atoms with E-state index in [2.05, 4.69) is 18.8 Å². The zero-order valence-electron chi connectivity index (χ0n) is 11.0. The van der Waals surface area contributed by atoms with Crippen molar-refractivity contribution in [3.8, 4) is 0 Å². The maximum atomic E-state index is 11.5. The average molecular weight is 388 g/mol. The van der Waals surface area contributed by atoms with Gasteiger partial charge in [0.25, 0.3) is 0 Å². The minimum Gasteiger partial charge on any atom is -0.481 e. The Morgan fingerprint density at radius 1 is 1.32 bits per heavy atom. The molecule has 3 atom stereocenters. The zero-order valence-corrected chi connectivity index (χ0v) is 13.8. The topological polar surface area (TPSA) is 206 Å². The van der Waals surface area contributed by atoms with E-state index in [0.29, 0.717) is 0 Å². The molecule has 0 heterocycles. The van der Waals surface area contributed by atoms with Crippen molar-refractivity contribution in [3.05, 3.63) is 0 Å². The van der Waals surface area contributed by atoms with Crippen LogP contribution in [0.1, 0.15) is 19.8 Å². The molecule has 0 aromatic carbocycles. The van der Waals surface area contributed by atoms with Gasteiger partial charge in [0, 0.05) is 6.42 Å². The van der Waals surface area contributed by atoms with Gasteiger partial charge < -0.3 is 24.3 Å². The van der Waals surface area contributed by atoms with E-state index in [0.717, 1.165) is 6.92 Å². The second-order valence-corrected chi connectivity index (χ2v) is 10.0. The molecule has 0 aromatic rings. The number of rotatable bonds is 11. The molecule has 0 aliphatic heterocycles. The first-order valence-electron chi connectivity index (χ1n) is 5.29. The Kier molecular flexibility index (Phi) is 8.56. The van der Waals surface area contributed by atoms with Crippen LogP contribution in [0.3, 0.4) is 0 Å². The van der Waals surface area contributed by atoms with E-state index in [1.165, 1.54) is 0 Å². The highest BCUT2D eigenvalue weighted by Crippen LogP contribution is 2.68. The quantitative estimate of drug-likeness (QED) is 0.188. The van der Waals surface area contributed by atoms with Crippen molar-refractivity contribution in [2.24, 2.45) is 0 Å². The summed E-state index contributed by atoms with van der Waals surface area (Å²) in [7, 11) is -13.7. The molecule has 5 N–H and O–H groups in total. The number of carboxylic acids is 1. The summed E-state index contributed by atoms with van der Waals surface area (Å²) in [4.78, 5) is 36.9. The fourth-order valence-electron chi connectivity index (χ4n) is 1.31. The lowest BCUT2D eigenvalue weighted by molar-refractivity contribution is -0.441. The zero-order chi connectivity index (χ0) is 17.6. The summed E-state index contributed by atoms with van der Waals surface area (Å²) < 4.78 is 45.6. The number of hydrogen-bond donors (Lipinski definition) is 5. The van der Waals surface area contributed by atoms with Crippen molar-refractivity contribution in [2.75, 3.05) is 6.61 Å². The van der Waals surface area contributed by atoms with Gasteiger partial charge in [-0.3, -0.25) is 13.9 Å². The molecule has 0 saturated carbocycles. The Morgan fingerprint density at radius 2 is 1.86 bits per heavy atom. The SMILES string of the molecule is CC(CCOP(=O)(OOO)[PH](=O)O)(CC(=O)O)OP(=O)(O)O. The standard InChI is InChI=1S/C6H15O13P3/c1-6(4-5(7)8,17-21(12,13)14)2-3-16-22(15,19-18-9)20(10)11/h9,20H,2-4H2,1H3,(H,7,8)(H,10,11)(H2,12,13,14). The number of hydrogen-bond acceptors (Lipinski definition) is 9. The van der Waals surface area contributed by atoms with Gasteiger partial charge in [0.1, 0.15) is 0 Å². The Hall–Kier alpha value is -0.160. The molecule has 0 spiro atoms. The number of phosphoric ester groups is 1. The van der Waals surface area contributed by atoms with Gasteiger partial charge in [0.2, 0.25) is 0 Å². The molecule has 0 rings (SSSR count). The minimum atomic E-state index is -5.04. The van der Waals surface area contributed by atoms with Crippen molar-refractivity contribution in [3.63, 3.8) is 0 Å². The maximum Gasteiger partial charge on any atom is 0.470 e. The van der Waals surface area contributed by atoms with Gasteiger partial charge in [-0.05, 0) is 6.92 Å². The summed E-state index contributed by atoms with van der Waals surface area (Å²) in [6.07, 6.45) is -1.39. The molecule has 0 amide bonds. The molecule has 0 aromatic heterocycles. The molecular formula is C6H15O13P3. The molecule has 3 unspecified atom stereocenters. The molecule has 13 nitrogen and oxygen atoms in total. The first-order valence-corrected chi connectivity index (χ1v) is 10.6. The van der Waals surface area contributed by atoms with Gasteiger partial charge in [-0.15, -0.1) is 4.67 Å². The molecule has 132 valence electrons. The Morgan fingerprint density at radius 3 is 2.23 bits per heavy atom. The first-order chi connectivity index (χ1) is 9.83. The Balaban J connectivity index is 4.90. The van der Waals surface area contributed by atoms with E-state index in [9.17, 15) is 18.5 Å². The summed E-state index contributed by atoms with van der Waals surface area (Å²) in [6.45, 7) is 0.279. The molecular weight excluding hydrogens is 373 g/mol. The summed E-state index contributed by atoms with van der Waals surface area (Å²) in [6, 6.07) is 0. The van der Waals surface area contributed by atoms with Gasteiger partial charge in [-0.25, -0.2) is 14.4 Å². The highest BCUT2D eigenvalue weighted by molar-refractivity contribution is 8.20. The summed E-state index contributed by atoms with van der Waals surface area (Å²) >= 11 is 0. The van der Waals surface area contributed by atoms with Gasteiger partial charge in [-0.1, -0.05) is 5.04 Å². The molecule has 0 aliphatic carbocycles. The Labute approximate surface area is 124 Å². The fourth-order valence-corrected chi connectivity index (χ4v) is 3.57. The van der Waals surface area contributed by atoms with E-state index in [-0.39, 0.29) is 0 Å². The first kappa shape index (κ1) is 21.8. The van der Waals surface area contributed by atoms with E-state index >= 15 is 0 Å². The van der Waals surface area contributed by atoms with Crippen LogP contribution >= 0.6 is 22.8 Å². The van der Waals surface area contributed by atoms with Gasteiger partial charge >= 0.3 is 28.8 Å². The summed E-state index contributed by atoms with van der Waals surface area (Å²) in [5.41, 5.74) is -1.93. The monoisotopic (exact) mass is 388 g/mol. The number of carboxylic acid groups (broad SMARTS) is 1. The normalized spacial score (nSPS) is 19.1. The predicted molar refractivity (Wildman–Crippen MR) is 68.0 cm³/mol. The van der Waals surface area contributed by atoms with Crippen molar-refractivity contribution in [2.45, 2.75) is 25.4 Å². The van der Waals surface area contributed by atoms with Crippen LogP contribution in [0.2, 0.25) is 0 Å². The smallest absolute Gasteiger partial charge is 0.470 e. The second-order valence-electron chi connectivity index (χ2n) is 4.11. The third-order valence-electron chi connectivity index (χ3n) is 2.12. The lowest BCUT2D eigenvalue weighted by Gasteiger charge is -2.28. The highest BCUT2D eigenvalue weighted by Gasteiger charge is 2.38. The lowest BCUT2D eigenvalue weighted by atomic mass is 9.99. The number of phosphoric acid groups is 1. The largest absolute Gasteiger partial charge is 0.481 e. The van der Waals surface area contributed by atoms with Crippen LogP contribution in [0.25, 0.3) is 0 Å². The third-order valence-corrected chi connectivity index (χ3v) is 6.07. The molecule has 0 bridgehead atoms. The van der Waals surface area contributed by atoms with Crippen LogP contribution in [0.15, 0.2) is 0 Å². The molecule has 0 radical (unpaired) electrons. The van der Waals surface area contributed by atoms with Gasteiger partial charge in [0.15, 0.2) is 0 Å². The van der Waals surface area contributed by atoms with Crippen molar-refractivity contribution < 1.29 is 62.3 Å². The predicted octanol–water partition coefficient (Wildman–Crippen LogP) is 0.732. The van der Waals surface area contributed by atoms with Gasteiger partial charge in [0.05, 0.1) is 18.6 Å². The van der Waals surface area contributed by atoms with Crippen LogP contribution in [0.5, 0.6) is 0 Å². The summed E-state index contributed by atoms with van der Waals surface area (Å²) in [5.74, 6) is -1.45. The van der Waals surface area contributed by atoms with Crippen LogP contribution in [0, 0.1) is 0 Å². The molecule has 0 saturated heterocycles. The van der Waals surface area contributed by atoms with Crippen LogP contribution in [0.4, 0.5) is 0 Å². The molecule has 16 heteroatoms. The van der Waals surface area contributed by atoms with E-state index in [4.69, 9.17) is 25.0 Å². The Bertz CT molecular complexity index is 498. The van der Waals surface area contributed by atoms with Crippen LogP contribution in [-0.2, 0) is 37.2 Å². The van der Waals surface area contributed by atoms with Crippen LogP contribution < -0.4 is 0 Å². The summed E-state index contributed by atoms with van der Waals surface area (Å²) in [5, 5.41) is 19.7. The average Bonchev–Trinajstić information content (AvgIpc) is 2.24. The molecule has 22 heavy (non-hydrogen) atoms. The second kappa shape index (κ2) is 8.62. The highest BCUT2D eigenvalue weighted by atomic mass is 32.1. The van der Waals surface area contributed by atoms with Crippen molar-refractivity contribution >= 4 is 28.8 Å². The number of carbonyl (C=O) groups is 1. The lowest BCUT2D eigenvalue weighted by Crippen LogP contribution is -2.32.